The standard InChI is InChI=1S/C5H4ClNO2/c6-3-7-4(8)1-2-5(7)9/h1-2H,3H2. The van der Waals surface area contributed by atoms with Crippen LogP contribution in [-0.4, -0.2) is 22.7 Å². The van der Waals surface area contributed by atoms with Crippen molar-refractivity contribution in [3.05, 3.63) is 12.2 Å². The van der Waals surface area contributed by atoms with Gasteiger partial charge in [-0.3, -0.25) is 14.5 Å². The van der Waals surface area contributed by atoms with E-state index >= 15 is 0 Å². The normalized spacial score (nSPS) is 17.7. The Morgan fingerprint density at radius 2 is 1.78 bits per heavy atom. The summed E-state index contributed by atoms with van der Waals surface area (Å²) in [5.74, 6) is -0.676. The molecule has 48 valence electrons. The molecule has 0 N–H and O–H groups in total. The van der Waals surface area contributed by atoms with Crippen molar-refractivity contribution in [2.24, 2.45) is 0 Å². The Hall–Kier alpha value is -0.830. The molecular weight excluding hydrogens is 142 g/mol. The molecule has 1 rings (SSSR count). The molecule has 0 saturated carbocycles. The van der Waals surface area contributed by atoms with Crippen LogP contribution in [0.2, 0.25) is 0 Å². The van der Waals surface area contributed by atoms with Gasteiger partial charge in [0.25, 0.3) is 11.8 Å². The lowest BCUT2D eigenvalue weighted by atomic mass is 10.6. The number of halogens is 1. The van der Waals surface area contributed by atoms with Crippen LogP contribution < -0.4 is 0 Å². The van der Waals surface area contributed by atoms with Gasteiger partial charge in [-0.2, -0.15) is 0 Å². The number of nitrogens with zero attached hydrogens (tertiary/aromatic N) is 1. The van der Waals surface area contributed by atoms with Crippen LogP contribution in [0.15, 0.2) is 12.2 Å². The zero-order chi connectivity index (χ0) is 6.85. The summed E-state index contributed by atoms with van der Waals surface area (Å²) in [6.45, 7) is 0. The number of carbonyl (C=O) groups is 2. The lowest BCUT2D eigenvalue weighted by molar-refractivity contribution is -0.135. The van der Waals surface area contributed by atoms with Crippen LogP contribution in [0.4, 0.5) is 0 Å². The Labute approximate surface area is 56.9 Å². The SMILES string of the molecule is O=C1C=CC(=O)N1CCl. The van der Waals surface area contributed by atoms with Crippen molar-refractivity contribution >= 4 is 23.4 Å². The molecule has 0 unspecified atom stereocenters. The highest BCUT2D eigenvalue weighted by Gasteiger charge is 2.21. The monoisotopic (exact) mass is 145 g/mol. The lowest BCUT2D eigenvalue weighted by Crippen LogP contribution is -2.28. The van der Waals surface area contributed by atoms with Crippen molar-refractivity contribution in [2.45, 2.75) is 0 Å². The Morgan fingerprint density at radius 3 is 2.00 bits per heavy atom. The van der Waals surface area contributed by atoms with Crippen LogP contribution in [0, 0.1) is 0 Å². The van der Waals surface area contributed by atoms with E-state index in [1.165, 1.54) is 12.2 Å². The topological polar surface area (TPSA) is 37.4 Å². The van der Waals surface area contributed by atoms with Gasteiger partial charge in [-0.15, -0.1) is 11.6 Å². The number of hydrogen-bond acceptors (Lipinski definition) is 2. The first-order valence-electron chi connectivity index (χ1n) is 2.35. The first kappa shape index (κ1) is 6.29. The predicted octanol–water partition coefficient (Wildman–Crippen LogP) is 0.108. The maximum Gasteiger partial charge on any atom is 0.254 e. The number of hydrogen-bond donors (Lipinski definition) is 0. The highest BCUT2D eigenvalue weighted by Crippen LogP contribution is 2.02. The van der Waals surface area contributed by atoms with Gasteiger partial charge in [-0.05, 0) is 0 Å². The van der Waals surface area contributed by atoms with Crippen LogP contribution in [-0.2, 0) is 9.59 Å². The van der Waals surface area contributed by atoms with Gasteiger partial charge in [0.15, 0.2) is 0 Å². The maximum atomic E-state index is 10.5. The number of alkyl halides is 1. The Morgan fingerprint density at radius 1 is 1.33 bits per heavy atom. The zero-order valence-corrected chi connectivity index (χ0v) is 5.26. The van der Waals surface area contributed by atoms with Crippen LogP contribution in [0.25, 0.3) is 0 Å². The van der Waals surface area contributed by atoms with Crippen LogP contribution >= 0.6 is 11.6 Å². The van der Waals surface area contributed by atoms with Crippen molar-refractivity contribution in [3.8, 4) is 0 Å². The molecule has 0 spiro atoms. The lowest BCUT2D eigenvalue weighted by Gasteiger charge is -2.06. The van der Waals surface area contributed by atoms with Crippen LogP contribution in [0.5, 0.6) is 0 Å². The summed E-state index contributed by atoms with van der Waals surface area (Å²) in [6.07, 6.45) is 2.40. The number of amides is 2. The van der Waals surface area contributed by atoms with E-state index in [-0.39, 0.29) is 17.8 Å². The molecule has 4 heteroatoms. The van der Waals surface area contributed by atoms with Crippen LogP contribution in [0.1, 0.15) is 0 Å². The molecule has 0 aromatic carbocycles. The predicted molar refractivity (Wildman–Crippen MR) is 31.7 cm³/mol. The fourth-order valence-corrected chi connectivity index (χ4v) is 0.785. The summed E-state index contributed by atoms with van der Waals surface area (Å²) in [6, 6.07) is -0.0648. The van der Waals surface area contributed by atoms with E-state index in [2.05, 4.69) is 0 Å². The minimum atomic E-state index is -0.338. The molecule has 0 aliphatic carbocycles. The quantitative estimate of drug-likeness (QED) is 0.298. The third kappa shape index (κ3) is 0.954. The average molecular weight is 146 g/mol. The van der Waals surface area contributed by atoms with E-state index < -0.39 is 0 Å². The van der Waals surface area contributed by atoms with Gasteiger partial charge in [0.2, 0.25) is 0 Å². The second-order valence-electron chi connectivity index (χ2n) is 1.56. The molecule has 0 bridgehead atoms. The third-order valence-electron chi connectivity index (χ3n) is 1.02. The smallest absolute Gasteiger partial charge is 0.254 e. The molecule has 1 heterocycles. The first-order chi connectivity index (χ1) is 4.25. The largest absolute Gasteiger partial charge is 0.269 e. The average Bonchev–Trinajstić information content (AvgIpc) is 2.12. The third-order valence-corrected chi connectivity index (χ3v) is 1.26. The fraction of sp³-hybridized carbons (Fsp3) is 0.200. The molecule has 0 atom stereocenters. The second kappa shape index (κ2) is 2.19. The van der Waals surface area contributed by atoms with Crippen molar-refractivity contribution in [1.29, 1.82) is 0 Å². The summed E-state index contributed by atoms with van der Waals surface area (Å²) < 4.78 is 0. The molecular formula is C5H4ClNO2. The molecule has 1 aliphatic heterocycles. The van der Waals surface area contributed by atoms with Gasteiger partial charge >= 0.3 is 0 Å². The van der Waals surface area contributed by atoms with Gasteiger partial charge in [-0.25, -0.2) is 0 Å². The molecule has 1 aliphatic rings. The van der Waals surface area contributed by atoms with E-state index in [4.69, 9.17) is 11.6 Å². The van der Waals surface area contributed by atoms with E-state index in [1.54, 1.807) is 0 Å². The number of imide groups is 1. The minimum absolute atomic E-state index is 0.0648. The molecule has 0 radical (unpaired) electrons. The molecule has 9 heavy (non-hydrogen) atoms. The molecule has 0 fully saturated rings. The Bertz CT molecular complexity index is 169. The molecule has 0 saturated heterocycles. The van der Waals surface area contributed by atoms with Crippen molar-refractivity contribution in [1.82, 2.24) is 4.90 Å². The summed E-state index contributed by atoms with van der Waals surface area (Å²) in [4.78, 5) is 22.0. The van der Waals surface area contributed by atoms with E-state index in [0.29, 0.717) is 0 Å². The summed E-state index contributed by atoms with van der Waals surface area (Å²) in [5.41, 5.74) is 0. The van der Waals surface area contributed by atoms with E-state index in [1.807, 2.05) is 0 Å². The number of carbonyl (C=O) groups excluding carboxylic acids is 2. The van der Waals surface area contributed by atoms with Gasteiger partial charge in [-0.1, -0.05) is 0 Å². The molecule has 3 nitrogen and oxygen atoms in total. The summed E-state index contributed by atoms with van der Waals surface area (Å²) in [5, 5.41) is 0. The van der Waals surface area contributed by atoms with Gasteiger partial charge in [0.05, 0.1) is 0 Å². The number of rotatable bonds is 1. The second-order valence-corrected chi connectivity index (χ2v) is 1.80. The van der Waals surface area contributed by atoms with Crippen molar-refractivity contribution in [3.63, 3.8) is 0 Å². The van der Waals surface area contributed by atoms with E-state index in [9.17, 15) is 9.59 Å². The molecule has 0 aromatic rings. The maximum absolute atomic E-state index is 10.5. The van der Waals surface area contributed by atoms with Crippen LogP contribution in [0.3, 0.4) is 0 Å². The van der Waals surface area contributed by atoms with Gasteiger partial charge < -0.3 is 0 Å². The summed E-state index contributed by atoms with van der Waals surface area (Å²) >= 11 is 5.24. The van der Waals surface area contributed by atoms with E-state index in [0.717, 1.165) is 4.90 Å². The Balaban J connectivity index is 2.75. The highest BCUT2D eigenvalue weighted by atomic mass is 35.5. The Kier molecular flexibility index (Phi) is 1.53. The van der Waals surface area contributed by atoms with Crippen molar-refractivity contribution in [2.75, 3.05) is 6.00 Å². The van der Waals surface area contributed by atoms with Gasteiger partial charge in [0, 0.05) is 12.2 Å². The molecule has 0 aromatic heterocycles. The summed E-state index contributed by atoms with van der Waals surface area (Å²) in [7, 11) is 0. The highest BCUT2D eigenvalue weighted by molar-refractivity contribution is 6.23. The molecule has 2 amide bonds. The zero-order valence-electron chi connectivity index (χ0n) is 4.50. The first-order valence-corrected chi connectivity index (χ1v) is 2.88. The fourth-order valence-electron chi connectivity index (χ4n) is 0.549. The van der Waals surface area contributed by atoms with Crippen molar-refractivity contribution < 1.29 is 9.59 Å². The minimum Gasteiger partial charge on any atom is -0.269 e. The van der Waals surface area contributed by atoms with Gasteiger partial charge in [0.1, 0.15) is 6.00 Å².